The van der Waals surface area contributed by atoms with Gasteiger partial charge in [-0.05, 0) is 18.2 Å². The van der Waals surface area contributed by atoms with E-state index in [1.807, 2.05) is 42.5 Å². The Balaban J connectivity index is 1.90. The molecule has 0 saturated carbocycles. The topological polar surface area (TPSA) is 41.5 Å². The van der Waals surface area contributed by atoms with Crippen LogP contribution in [0.4, 0.5) is 0 Å². The molecule has 102 valence electrons. The highest BCUT2D eigenvalue weighted by atomic mass is 32.2. The van der Waals surface area contributed by atoms with Crippen LogP contribution in [0.3, 0.4) is 0 Å². The third-order valence-corrected chi connectivity index (χ3v) is 5.03. The predicted molar refractivity (Wildman–Crippen MR) is 83.4 cm³/mol. The van der Waals surface area contributed by atoms with Crippen LogP contribution in [0, 0.1) is 0 Å². The lowest BCUT2D eigenvalue weighted by atomic mass is 10.2. The number of nitrogens with one attached hydrogen (secondary N) is 1. The first kappa shape index (κ1) is 13.5. The maximum Gasteiger partial charge on any atom is 0.137 e. The van der Waals surface area contributed by atoms with Gasteiger partial charge in [-0.1, -0.05) is 36.4 Å². The van der Waals surface area contributed by atoms with Crippen molar-refractivity contribution in [2.24, 2.45) is 0 Å². The van der Waals surface area contributed by atoms with E-state index in [0.717, 1.165) is 20.9 Å². The van der Waals surface area contributed by atoms with Gasteiger partial charge in [0.05, 0.1) is 23.5 Å². The summed E-state index contributed by atoms with van der Waals surface area (Å²) in [5, 5.41) is 10.1. The van der Waals surface area contributed by atoms with Gasteiger partial charge in [-0.25, -0.2) is 5.48 Å². The van der Waals surface area contributed by atoms with Gasteiger partial charge in [-0.3, -0.25) is 0 Å². The highest BCUT2D eigenvalue weighted by molar-refractivity contribution is 7.95. The standard InChI is InChI=1S/C15H13NO2S2/c17-16-10-14-15(12-8-4-5-9-13(12)19-14)20-18-11-6-2-1-3-7-11/h1-9,16-17H,10H2. The number of hydroxylamine groups is 1. The Morgan fingerprint density at radius 3 is 2.60 bits per heavy atom. The summed E-state index contributed by atoms with van der Waals surface area (Å²) in [5.41, 5.74) is 2.23. The van der Waals surface area contributed by atoms with Gasteiger partial charge in [-0.2, -0.15) is 0 Å². The molecule has 0 spiro atoms. The maximum atomic E-state index is 8.96. The number of thiophene rings is 1. The van der Waals surface area contributed by atoms with E-state index in [2.05, 4.69) is 17.6 Å². The number of rotatable bonds is 5. The summed E-state index contributed by atoms with van der Waals surface area (Å²) < 4.78 is 6.95. The van der Waals surface area contributed by atoms with Crippen molar-refractivity contribution in [3.8, 4) is 5.75 Å². The van der Waals surface area contributed by atoms with Crippen LogP contribution in [0.15, 0.2) is 59.5 Å². The first-order chi connectivity index (χ1) is 9.88. The van der Waals surface area contributed by atoms with Gasteiger partial charge in [0, 0.05) is 15.0 Å². The first-order valence-corrected chi connectivity index (χ1v) is 7.71. The summed E-state index contributed by atoms with van der Waals surface area (Å²) in [5.74, 6) is 0.815. The molecule has 2 aromatic carbocycles. The van der Waals surface area contributed by atoms with Crippen molar-refractivity contribution in [3.63, 3.8) is 0 Å². The molecular formula is C15H13NO2S2. The minimum absolute atomic E-state index is 0.416. The van der Waals surface area contributed by atoms with E-state index in [1.54, 1.807) is 11.3 Å². The fourth-order valence-electron chi connectivity index (χ4n) is 1.92. The molecule has 3 rings (SSSR count). The summed E-state index contributed by atoms with van der Waals surface area (Å²) in [6, 6.07) is 17.9. The molecule has 5 heteroatoms. The van der Waals surface area contributed by atoms with E-state index in [9.17, 15) is 0 Å². The number of benzene rings is 2. The van der Waals surface area contributed by atoms with E-state index in [1.165, 1.54) is 16.7 Å². The van der Waals surface area contributed by atoms with E-state index >= 15 is 0 Å². The lowest BCUT2D eigenvalue weighted by molar-refractivity contribution is 0.161. The quantitative estimate of drug-likeness (QED) is 0.539. The normalized spacial score (nSPS) is 10.8. The maximum absolute atomic E-state index is 8.96. The lowest BCUT2D eigenvalue weighted by Gasteiger charge is -2.05. The Labute approximate surface area is 125 Å². The molecule has 20 heavy (non-hydrogen) atoms. The van der Waals surface area contributed by atoms with Crippen LogP contribution in [0.5, 0.6) is 5.75 Å². The Kier molecular flexibility index (Phi) is 4.22. The van der Waals surface area contributed by atoms with E-state index < -0.39 is 0 Å². The molecule has 1 heterocycles. The molecule has 1 aromatic heterocycles. The van der Waals surface area contributed by atoms with E-state index in [4.69, 9.17) is 9.39 Å². The average Bonchev–Trinajstić information content (AvgIpc) is 2.84. The number of hydrogen-bond donors (Lipinski definition) is 2. The molecule has 0 fully saturated rings. The number of para-hydroxylation sites is 1. The second kappa shape index (κ2) is 6.28. The zero-order valence-corrected chi connectivity index (χ0v) is 12.2. The third-order valence-electron chi connectivity index (χ3n) is 2.82. The first-order valence-electron chi connectivity index (χ1n) is 6.15. The van der Waals surface area contributed by atoms with Crippen molar-refractivity contribution in [2.75, 3.05) is 0 Å². The Hall–Kier alpha value is -1.53. The molecule has 3 aromatic rings. The van der Waals surface area contributed by atoms with Crippen LogP contribution in [-0.4, -0.2) is 5.21 Å². The summed E-state index contributed by atoms with van der Waals surface area (Å²) in [6.45, 7) is 0.416. The second-order valence-corrected chi connectivity index (χ2v) is 6.04. The Morgan fingerprint density at radius 2 is 1.80 bits per heavy atom. The minimum atomic E-state index is 0.416. The largest absolute Gasteiger partial charge is 0.421 e. The van der Waals surface area contributed by atoms with Crippen LogP contribution < -0.4 is 9.66 Å². The van der Waals surface area contributed by atoms with E-state index in [-0.39, 0.29) is 0 Å². The van der Waals surface area contributed by atoms with Crippen LogP contribution >= 0.6 is 23.4 Å². The highest BCUT2D eigenvalue weighted by Crippen LogP contribution is 2.38. The Bertz CT molecular complexity index is 697. The minimum Gasteiger partial charge on any atom is -0.421 e. The monoisotopic (exact) mass is 303 g/mol. The number of hydrogen-bond acceptors (Lipinski definition) is 5. The SMILES string of the molecule is ONCc1sc2ccccc2c1SOc1ccccc1. The van der Waals surface area contributed by atoms with Gasteiger partial charge in [0.2, 0.25) is 0 Å². The molecule has 0 radical (unpaired) electrons. The molecule has 0 saturated heterocycles. The van der Waals surface area contributed by atoms with Crippen LogP contribution in [-0.2, 0) is 6.54 Å². The van der Waals surface area contributed by atoms with Crippen molar-refractivity contribution in [1.29, 1.82) is 0 Å². The van der Waals surface area contributed by atoms with Crippen molar-refractivity contribution in [2.45, 2.75) is 11.4 Å². The molecular weight excluding hydrogens is 290 g/mol. The van der Waals surface area contributed by atoms with Gasteiger partial charge in [0.1, 0.15) is 5.75 Å². The summed E-state index contributed by atoms with van der Waals surface area (Å²) in [4.78, 5) is 2.12. The molecule has 0 atom stereocenters. The highest BCUT2D eigenvalue weighted by Gasteiger charge is 2.13. The predicted octanol–water partition coefficient (Wildman–Crippen LogP) is 4.47. The van der Waals surface area contributed by atoms with Crippen LogP contribution in [0.25, 0.3) is 10.1 Å². The van der Waals surface area contributed by atoms with Crippen molar-refractivity contribution >= 4 is 33.5 Å². The zero-order valence-electron chi connectivity index (χ0n) is 10.6. The fraction of sp³-hybridized carbons (Fsp3) is 0.0667. The van der Waals surface area contributed by atoms with Gasteiger partial charge in [0.15, 0.2) is 0 Å². The molecule has 0 amide bonds. The summed E-state index contributed by atoms with van der Waals surface area (Å²) in [7, 11) is 0. The average molecular weight is 303 g/mol. The molecule has 0 aliphatic rings. The number of fused-ring (bicyclic) bond motifs is 1. The van der Waals surface area contributed by atoms with Gasteiger partial charge >= 0.3 is 0 Å². The molecule has 0 aliphatic heterocycles. The van der Waals surface area contributed by atoms with Crippen molar-refractivity contribution < 1.29 is 9.39 Å². The molecule has 0 bridgehead atoms. The van der Waals surface area contributed by atoms with Gasteiger partial charge in [0.25, 0.3) is 0 Å². The van der Waals surface area contributed by atoms with Crippen LogP contribution in [0.2, 0.25) is 0 Å². The summed E-state index contributed by atoms with van der Waals surface area (Å²) >= 11 is 3.00. The molecule has 0 unspecified atom stereocenters. The third kappa shape index (κ3) is 2.81. The van der Waals surface area contributed by atoms with Gasteiger partial charge < -0.3 is 9.39 Å². The van der Waals surface area contributed by atoms with E-state index in [0.29, 0.717) is 6.54 Å². The second-order valence-electron chi connectivity index (χ2n) is 4.17. The molecule has 3 nitrogen and oxygen atoms in total. The zero-order chi connectivity index (χ0) is 13.8. The fourth-order valence-corrected chi connectivity index (χ4v) is 3.96. The Morgan fingerprint density at radius 1 is 1.05 bits per heavy atom. The molecule has 0 aliphatic carbocycles. The van der Waals surface area contributed by atoms with Crippen LogP contribution in [0.1, 0.15) is 4.88 Å². The lowest BCUT2D eigenvalue weighted by Crippen LogP contribution is -2.05. The summed E-state index contributed by atoms with van der Waals surface area (Å²) in [6.07, 6.45) is 0. The van der Waals surface area contributed by atoms with Gasteiger partial charge in [-0.15, -0.1) is 11.3 Å². The van der Waals surface area contributed by atoms with Crippen molar-refractivity contribution in [3.05, 3.63) is 59.5 Å². The molecule has 2 N–H and O–H groups in total. The smallest absolute Gasteiger partial charge is 0.137 e. The van der Waals surface area contributed by atoms with Crippen molar-refractivity contribution in [1.82, 2.24) is 5.48 Å².